The standard InChI is InChI=1S/C14H18BrN3O/c1-4-7-18-9-10(2)16-14(18)17-12-8-11(15)5-6-13(12)19-3/h5-6,8-9H,4,7H2,1-3H3,(H,16,17). The van der Waals surface area contributed by atoms with Crippen molar-refractivity contribution in [2.45, 2.75) is 26.8 Å². The third kappa shape index (κ3) is 3.29. The summed E-state index contributed by atoms with van der Waals surface area (Å²) in [4.78, 5) is 4.51. The van der Waals surface area contributed by atoms with Crippen LogP contribution in [0, 0.1) is 6.92 Å². The maximum absolute atomic E-state index is 5.36. The number of aryl methyl sites for hydroxylation is 2. The lowest BCUT2D eigenvalue weighted by molar-refractivity contribution is 0.416. The fourth-order valence-corrected chi connectivity index (χ4v) is 2.32. The molecule has 102 valence electrons. The highest BCUT2D eigenvalue weighted by molar-refractivity contribution is 9.10. The molecule has 0 unspecified atom stereocenters. The minimum absolute atomic E-state index is 0.798. The van der Waals surface area contributed by atoms with Gasteiger partial charge in [-0.25, -0.2) is 4.98 Å². The summed E-state index contributed by atoms with van der Waals surface area (Å²) in [5.74, 6) is 1.64. The lowest BCUT2D eigenvalue weighted by Gasteiger charge is -2.12. The van der Waals surface area contributed by atoms with E-state index in [4.69, 9.17) is 4.74 Å². The molecule has 0 spiro atoms. The van der Waals surface area contributed by atoms with E-state index in [0.717, 1.165) is 40.5 Å². The third-order valence-corrected chi connectivity index (χ3v) is 3.26. The zero-order valence-corrected chi connectivity index (χ0v) is 13.0. The summed E-state index contributed by atoms with van der Waals surface area (Å²) in [7, 11) is 1.66. The van der Waals surface area contributed by atoms with Crippen LogP contribution in [-0.2, 0) is 6.54 Å². The SMILES string of the molecule is CCCn1cc(C)nc1Nc1cc(Br)ccc1OC. The van der Waals surface area contributed by atoms with E-state index in [2.05, 4.69) is 43.9 Å². The smallest absolute Gasteiger partial charge is 0.207 e. The summed E-state index contributed by atoms with van der Waals surface area (Å²) >= 11 is 3.47. The second-order valence-electron chi connectivity index (χ2n) is 4.37. The first-order valence-electron chi connectivity index (χ1n) is 6.28. The number of benzene rings is 1. The molecule has 1 heterocycles. The van der Waals surface area contributed by atoms with Gasteiger partial charge in [0, 0.05) is 17.2 Å². The van der Waals surface area contributed by atoms with E-state index in [1.807, 2.05) is 25.1 Å². The number of halogens is 1. The first-order chi connectivity index (χ1) is 9.13. The van der Waals surface area contributed by atoms with E-state index in [9.17, 15) is 0 Å². The van der Waals surface area contributed by atoms with Crippen LogP contribution in [0.1, 0.15) is 19.0 Å². The molecule has 0 saturated heterocycles. The van der Waals surface area contributed by atoms with Gasteiger partial charge in [-0.05, 0) is 31.5 Å². The monoisotopic (exact) mass is 323 g/mol. The highest BCUT2D eigenvalue weighted by Gasteiger charge is 2.09. The summed E-state index contributed by atoms with van der Waals surface area (Å²) < 4.78 is 8.48. The Morgan fingerprint density at radius 1 is 1.42 bits per heavy atom. The molecule has 1 aromatic carbocycles. The molecule has 0 bridgehead atoms. The molecule has 1 N–H and O–H groups in total. The Bertz CT molecular complexity index is 566. The number of methoxy groups -OCH3 is 1. The summed E-state index contributed by atoms with van der Waals surface area (Å²) in [5, 5.41) is 3.34. The number of hydrogen-bond acceptors (Lipinski definition) is 3. The Labute approximate surface area is 121 Å². The van der Waals surface area contributed by atoms with Crippen LogP contribution >= 0.6 is 15.9 Å². The lowest BCUT2D eigenvalue weighted by atomic mass is 10.3. The molecule has 19 heavy (non-hydrogen) atoms. The van der Waals surface area contributed by atoms with Gasteiger partial charge in [-0.1, -0.05) is 22.9 Å². The molecule has 2 aromatic rings. The average Bonchev–Trinajstić information content (AvgIpc) is 2.70. The average molecular weight is 324 g/mol. The van der Waals surface area contributed by atoms with Crippen molar-refractivity contribution in [2.24, 2.45) is 0 Å². The number of nitrogens with zero attached hydrogens (tertiary/aromatic N) is 2. The minimum atomic E-state index is 0.798. The summed E-state index contributed by atoms with van der Waals surface area (Å²) in [6.07, 6.45) is 3.12. The number of rotatable bonds is 5. The van der Waals surface area contributed by atoms with Crippen LogP contribution < -0.4 is 10.1 Å². The van der Waals surface area contributed by atoms with Gasteiger partial charge in [0.05, 0.1) is 18.5 Å². The Hall–Kier alpha value is -1.49. The van der Waals surface area contributed by atoms with Gasteiger partial charge in [0.1, 0.15) is 5.75 Å². The highest BCUT2D eigenvalue weighted by atomic mass is 79.9. The second kappa shape index (κ2) is 6.10. The summed E-state index contributed by atoms with van der Waals surface area (Å²) in [6, 6.07) is 5.86. The first kappa shape index (κ1) is 13.9. The van der Waals surface area contributed by atoms with Crippen molar-refractivity contribution in [3.63, 3.8) is 0 Å². The Morgan fingerprint density at radius 3 is 2.89 bits per heavy atom. The van der Waals surface area contributed by atoms with Gasteiger partial charge in [0.25, 0.3) is 0 Å². The van der Waals surface area contributed by atoms with E-state index in [1.54, 1.807) is 7.11 Å². The van der Waals surface area contributed by atoms with Gasteiger partial charge in [-0.2, -0.15) is 0 Å². The number of aromatic nitrogens is 2. The zero-order valence-electron chi connectivity index (χ0n) is 11.4. The van der Waals surface area contributed by atoms with Crippen molar-refractivity contribution in [1.82, 2.24) is 9.55 Å². The number of anilines is 2. The van der Waals surface area contributed by atoms with Crippen LogP contribution in [0.3, 0.4) is 0 Å². The van der Waals surface area contributed by atoms with E-state index in [-0.39, 0.29) is 0 Å². The van der Waals surface area contributed by atoms with Crippen LogP contribution in [0.25, 0.3) is 0 Å². The van der Waals surface area contributed by atoms with Crippen molar-refractivity contribution < 1.29 is 4.74 Å². The Kier molecular flexibility index (Phi) is 4.47. The van der Waals surface area contributed by atoms with E-state index >= 15 is 0 Å². The molecule has 0 aliphatic rings. The van der Waals surface area contributed by atoms with Crippen LogP contribution in [0.5, 0.6) is 5.75 Å². The fourth-order valence-electron chi connectivity index (χ4n) is 1.96. The van der Waals surface area contributed by atoms with Gasteiger partial charge in [0.2, 0.25) is 5.95 Å². The van der Waals surface area contributed by atoms with Crippen molar-refractivity contribution >= 4 is 27.6 Å². The topological polar surface area (TPSA) is 39.1 Å². The predicted octanol–water partition coefficient (Wildman–Crippen LogP) is 4.12. The van der Waals surface area contributed by atoms with E-state index < -0.39 is 0 Å². The maximum atomic E-state index is 5.36. The summed E-state index contributed by atoms with van der Waals surface area (Å²) in [6.45, 7) is 5.09. The maximum Gasteiger partial charge on any atom is 0.207 e. The molecule has 0 atom stereocenters. The molecule has 0 aliphatic carbocycles. The largest absolute Gasteiger partial charge is 0.495 e. The van der Waals surface area contributed by atoms with Crippen molar-refractivity contribution in [1.29, 1.82) is 0 Å². The van der Waals surface area contributed by atoms with Gasteiger partial charge < -0.3 is 14.6 Å². The molecule has 2 rings (SSSR count). The van der Waals surface area contributed by atoms with Crippen LogP contribution in [0.15, 0.2) is 28.9 Å². The Morgan fingerprint density at radius 2 is 2.21 bits per heavy atom. The van der Waals surface area contributed by atoms with Crippen molar-refractivity contribution in [2.75, 3.05) is 12.4 Å². The van der Waals surface area contributed by atoms with Gasteiger partial charge in [-0.3, -0.25) is 0 Å². The van der Waals surface area contributed by atoms with Crippen molar-refractivity contribution in [3.8, 4) is 5.75 Å². The zero-order chi connectivity index (χ0) is 13.8. The number of hydrogen-bond donors (Lipinski definition) is 1. The molecule has 0 aliphatic heterocycles. The molecular formula is C14H18BrN3O. The summed E-state index contributed by atoms with van der Waals surface area (Å²) in [5.41, 5.74) is 1.91. The first-order valence-corrected chi connectivity index (χ1v) is 7.07. The van der Waals surface area contributed by atoms with Gasteiger partial charge in [0.15, 0.2) is 0 Å². The molecule has 5 heteroatoms. The minimum Gasteiger partial charge on any atom is -0.495 e. The van der Waals surface area contributed by atoms with Crippen molar-refractivity contribution in [3.05, 3.63) is 34.6 Å². The molecule has 4 nitrogen and oxygen atoms in total. The number of imidazole rings is 1. The fraction of sp³-hybridized carbons (Fsp3) is 0.357. The molecule has 0 saturated carbocycles. The molecular weight excluding hydrogens is 306 g/mol. The molecule has 0 fully saturated rings. The van der Waals surface area contributed by atoms with Gasteiger partial charge in [-0.15, -0.1) is 0 Å². The normalized spacial score (nSPS) is 10.5. The molecule has 1 aromatic heterocycles. The quantitative estimate of drug-likeness (QED) is 0.899. The Balaban J connectivity index is 2.32. The second-order valence-corrected chi connectivity index (χ2v) is 5.28. The third-order valence-electron chi connectivity index (χ3n) is 2.77. The van der Waals surface area contributed by atoms with Gasteiger partial charge >= 0.3 is 0 Å². The van der Waals surface area contributed by atoms with E-state index in [1.165, 1.54) is 0 Å². The highest BCUT2D eigenvalue weighted by Crippen LogP contribution is 2.30. The van der Waals surface area contributed by atoms with E-state index in [0.29, 0.717) is 0 Å². The van der Waals surface area contributed by atoms with Crippen LogP contribution in [0.2, 0.25) is 0 Å². The molecule has 0 radical (unpaired) electrons. The predicted molar refractivity (Wildman–Crippen MR) is 81.2 cm³/mol. The number of ether oxygens (including phenoxy) is 1. The van der Waals surface area contributed by atoms with Crippen LogP contribution in [0.4, 0.5) is 11.6 Å². The van der Waals surface area contributed by atoms with Crippen LogP contribution in [-0.4, -0.2) is 16.7 Å². The lowest BCUT2D eigenvalue weighted by Crippen LogP contribution is -2.03. The molecule has 0 amide bonds. The number of nitrogens with one attached hydrogen (secondary N) is 1.